The minimum absolute atomic E-state index is 0.690. The highest BCUT2D eigenvalue weighted by molar-refractivity contribution is 5.93. The first kappa shape index (κ1) is 17.9. The standard InChI is InChI=1S/C21H28N6/c1-2-3-8-23-21-25-14-19-18(13-24-20(19)26-21)17-6-4-16(5-7-17)15-27-11-9-22-10-12-27/h4-7,13-14,22H,2-3,8-12,15H2,1H3,(H2,23,24,25,26). The number of fused-ring (bicyclic) bond motifs is 1. The summed E-state index contributed by atoms with van der Waals surface area (Å²) in [5.41, 5.74) is 4.59. The van der Waals surface area contributed by atoms with Gasteiger partial charge in [-0.15, -0.1) is 0 Å². The van der Waals surface area contributed by atoms with Crippen LogP contribution >= 0.6 is 0 Å². The topological polar surface area (TPSA) is 68.9 Å². The number of hydrogen-bond donors (Lipinski definition) is 3. The largest absolute Gasteiger partial charge is 0.354 e. The molecule has 3 aromatic rings. The van der Waals surface area contributed by atoms with E-state index < -0.39 is 0 Å². The fraction of sp³-hybridized carbons (Fsp3) is 0.429. The molecule has 1 saturated heterocycles. The maximum absolute atomic E-state index is 4.60. The Morgan fingerprint density at radius 1 is 1.15 bits per heavy atom. The molecule has 3 heterocycles. The third-order valence-electron chi connectivity index (χ3n) is 5.13. The summed E-state index contributed by atoms with van der Waals surface area (Å²) in [6.45, 7) is 8.52. The molecule has 1 fully saturated rings. The van der Waals surface area contributed by atoms with E-state index in [1.54, 1.807) is 0 Å². The van der Waals surface area contributed by atoms with Crippen molar-refractivity contribution in [1.29, 1.82) is 0 Å². The maximum Gasteiger partial charge on any atom is 0.224 e. The second-order valence-corrected chi connectivity index (χ2v) is 7.16. The van der Waals surface area contributed by atoms with Crippen molar-refractivity contribution in [1.82, 2.24) is 25.2 Å². The molecule has 4 rings (SSSR count). The lowest BCUT2D eigenvalue weighted by atomic mass is 10.0. The molecule has 6 heteroatoms. The van der Waals surface area contributed by atoms with Gasteiger partial charge in [0.25, 0.3) is 0 Å². The number of rotatable bonds is 7. The lowest BCUT2D eigenvalue weighted by Crippen LogP contribution is -2.42. The lowest BCUT2D eigenvalue weighted by molar-refractivity contribution is 0.233. The monoisotopic (exact) mass is 364 g/mol. The van der Waals surface area contributed by atoms with Crippen LogP contribution in [0.25, 0.3) is 22.2 Å². The van der Waals surface area contributed by atoms with E-state index in [1.165, 1.54) is 11.1 Å². The van der Waals surface area contributed by atoms with Crippen molar-refractivity contribution in [3.05, 3.63) is 42.2 Å². The van der Waals surface area contributed by atoms with Gasteiger partial charge in [-0.2, -0.15) is 4.98 Å². The number of benzene rings is 1. The first-order valence-electron chi connectivity index (χ1n) is 9.94. The molecule has 0 aliphatic carbocycles. The van der Waals surface area contributed by atoms with Gasteiger partial charge in [0, 0.05) is 62.6 Å². The summed E-state index contributed by atoms with van der Waals surface area (Å²) in [6.07, 6.45) is 6.22. The van der Waals surface area contributed by atoms with Crippen LogP contribution in [0.15, 0.2) is 36.7 Å². The summed E-state index contributed by atoms with van der Waals surface area (Å²) < 4.78 is 0. The van der Waals surface area contributed by atoms with Crippen LogP contribution in [0.3, 0.4) is 0 Å². The SMILES string of the molecule is CCCCNc1ncc2c(-c3ccc(CN4CCNCC4)cc3)c[nH]c2n1. The van der Waals surface area contributed by atoms with Crippen LogP contribution in [0.1, 0.15) is 25.3 Å². The van der Waals surface area contributed by atoms with Crippen molar-refractivity contribution in [2.45, 2.75) is 26.3 Å². The molecule has 3 N–H and O–H groups in total. The number of hydrogen-bond acceptors (Lipinski definition) is 5. The molecule has 27 heavy (non-hydrogen) atoms. The Labute approximate surface area is 160 Å². The molecular weight excluding hydrogens is 336 g/mol. The van der Waals surface area contributed by atoms with Gasteiger partial charge in [0.2, 0.25) is 5.95 Å². The third kappa shape index (κ3) is 4.28. The summed E-state index contributed by atoms with van der Waals surface area (Å²) in [6, 6.07) is 8.87. The first-order chi connectivity index (χ1) is 13.3. The normalized spacial score (nSPS) is 15.3. The average molecular weight is 364 g/mol. The summed E-state index contributed by atoms with van der Waals surface area (Å²) in [7, 11) is 0. The minimum atomic E-state index is 0.690. The van der Waals surface area contributed by atoms with Gasteiger partial charge in [-0.1, -0.05) is 37.6 Å². The molecule has 2 aromatic heterocycles. The van der Waals surface area contributed by atoms with E-state index in [-0.39, 0.29) is 0 Å². The van der Waals surface area contributed by atoms with E-state index in [9.17, 15) is 0 Å². The number of piperazine rings is 1. The van der Waals surface area contributed by atoms with Gasteiger partial charge in [0.05, 0.1) is 0 Å². The van der Waals surface area contributed by atoms with Gasteiger partial charge in [0.15, 0.2) is 0 Å². The molecule has 0 unspecified atom stereocenters. The zero-order valence-corrected chi connectivity index (χ0v) is 16.0. The molecule has 0 atom stereocenters. The molecular formula is C21H28N6. The Hall–Kier alpha value is -2.44. The molecule has 142 valence electrons. The second-order valence-electron chi connectivity index (χ2n) is 7.16. The van der Waals surface area contributed by atoms with Crippen LogP contribution < -0.4 is 10.6 Å². The second kappa shape index (κ2) is 8.50. The highest BCUT2D eigenvalue weighted by Crippen LogP contribution is 2.28. The van der Waals surface area contributed by atoms with Crippen LogP contribution in [0.5, 0.6) is 0 Å². The zero-order valence-electron chi connectivity index (χ0n) is 16.0. The van der Waals surface area contributed by atoms with Crippen molar-refractivity contribution in [2.24, 2.45) is 0 Å². The van der Waals surface area contributed by atoms with Gasteiger partial charge in [0.1, 0.15) is 5.65 Å². The van der Waals surface area contributed by atoms with Crippen molar-refractivity contribution in [2.75, 3.05) is 38.0 Å². The lowest BCUT2D eigenvalue weighted by Gasteiger charge is -2.27. The smallest absolute Gasteiger partial charge is 0.224 e. The Morgan fingerprint density at radius 3 is 2.74 bits per heavy atom. The van der Waals surface area contributed by atoms with Crippen molar-refractivity contribution < 1.29 is 0 Å². The van der Waals surface area contributed by atoms with Crippen LogP contribution in [-0.4, -0.2) is 52.6 Å². The number of unbranched alkanes of at least 4 members (excludes halogenated alkanes) is 1. The van der Waals surface area contributed by atoms with Crippen LogP contribution in [0.4, 0.5) is 5.95 Å². The highest BCUT2D eigenvalue weighted by atomic mass is 15.2. The summed E-state index contributed by atoms with van der Waals surface area (Å²) in [5.74, 6) is 0.690. The molecule has 0 bridgehead atoms. The Morgan fingerprint density at radius 2 is 1.96 bits per heavy atom. The van der Waals surface area contributed by atoms with E-state index in [0.29, 0.717) is 5.95 Å². The van der Waals surface area contributed by atoms with Crippen LogP contribution in [0.2, 0.25) is 0 Å². The number of aromatic amines is 1. The van der Waals surface area contributed by atoms with Crippen LogP contribution in [-0.2, 0) is 6.54 Å². The van der Waals surface area contributed by atoms with Gasteiger partial charge in [-0.25, -0.2) is 4.98 Å². The molecule has 0 spiro atoms. The van der Waals surface area contributed by atoms with E-state index in [1.807, 2.05) is 12.4 Å². The number of anilines is 1. The fourth-order valence-corrected chi connectivity index (χ4v) is 3.53. The molecule has 1 aliphatic rings. The predicted octanol–water partition coefficient (Wildman–Crippen LogP) is 3.24. The van der Waals surface area contributed by atoms with Gasteiger partial charge < -0.3 is 15.6 Å². The maximum atomic E-state index is 4.60. The van der Waals surface area contributed by atoms with E-state index >= 15 is 0 Å². The van der Waals surface area contributed by atoms with E-state index in [4.69, 9.17) is 0 Å². The average Bonchev–Trinajstić information content (AvgIpc) is 3.13. The number of nitrogens with zero attached hydrogens (tertiary/aromatic N) is 3. The molecule has 1 aliphatic heterocycles. The Bertz CT molecular complexity index is 864. The highest BCUT2D eigenvalue weighted by Gasteiger charge is 2.11. The van der Waals surface area contributed by atoms with E-state index in [2.05, 4.69) is 61.7 Å². The third-order valence-corrected chi connectivity index (χ3v) is 5.13. The Balaban J connectivity index is 1.48. The molecule has 1 aromatic carbocycles. The van der Waals surface area contributed by atoms with Gasteiger partial charge >= 0.3 is 0 Å². The summed E-state index contributed by atoms with van der Waals surface area (Å²) in [5, 5.41) is 7.74. The van der Waals surface area contributed by atoms with Crippen LogP contribution in [0, 0.1) is 0 Å². The van der Waals surface area contributed by atoms with E-state index in [0.717, 1.165) is 68.7 Å². The van der Waals surface area contributed by atoms with Crippen molar-refractivity contribution in [3.8, 4) is 11.1 Å². The fourth-order valence-electron chi connectivity index (χ4n) is 3.53. The van der Waals surface area contributed by atoms with Gasteiger partial charge in [-0.3, -0.25) is 4.90 Å². The molecule has 0 saturated carbocycles. The molecule has 6 nitrogen and oxygen atoms in total. The van der Waals surface area contributed by atoms with Gasteiger partial charge in [-0.05, 0) is 17.5 Å². The summed E-state index contributed by atoms with van der Waals surface area (Å²) in [4.78, 5) is 14.9. The van der Waals surface area contributed by atoms with Crippen molar-refractivity contribution in [3.63, 3.8) is 0 Å². The number of H-pyrrole nitrogens is 1. The molecule has 0 radical (unpaired) electrons. The minimum Gasteiger partial charge on any atom is -0.354 e. The number of nitrogens with one attached hydrogen (secondary N) is 3. The molecule has 0 amide bonds. The zero-order chi connectivity index (χ0) is 18.5. The Kier molecular flexibility index (Phi) is 5.65. The number of aromatic nitrogens is 3. The first-order valence-corrected chi connectivity index (χ1v) is 9.94. The predicted molar refractivity (Wildman–Crippen MR) is 111 cm³/mol. The van der Waals surface area contributed by atoms with Crippen molar-refractivity contribution >= 4 is 17.0 Å². The quantitative estimate of drug-likeness (QED) is 0.562. The summed E-state index contributed by atoms with van der Waals surface area (Å²) >= 11 is 0.